The van der Waals surface area contributed by atoms with Crippen molar-refractivity contribution in [3.63, 3.8) is 0 Å². The second kappa shape index (κ2) is 5.02. The number of hydrogen-bond donors (Lipinski definition) is 2. The minimum Gasteiger partial charge on any atom is -0.358 e. The second-order valence-corrected chi connectivity index (χ2v) is 6.32. The highest BCUT2D eigenvalue weighted by Crippen LogP contribution is 2.21. The molecule has 0 amide bonds. The maximum absolute atomic E-state index is 11.2. The first-order valence-corrected chi connectivity index (χ1v) is 7.96. The third-order valence-electron chi connectivity index (χ3n) is 2.78. The quantitative estimate of drug-likeness (QED) is 0.874. The fourth-order valence-electron chi connectivity index (χ4n) is 1.97. The van der Waals surface area contributed by atoms with Gasteiger partial charge < -0.3 is 4.98 Å². The van der Waals surface area contributed by atoms with Gasteiger partial charge in [0, 0.05) is 22.3 Å². The topological polar surface area (TPSA) is 62.0 Å². The van der Waals surface area contributed by atoms with Gasteiger partial charge in [0.05, 0.1) is 6.26 Å². The normalized spacial score (nSPS) is 11.9. The van der Waals surface area contributed by atoms with E-state index < -0.39 is 10.0 Å². The van der Waals surface area contributed by atoms with E-state index >= 15 is 0 Å². The zero-order valence-corrected chi connectivity index (χ0v) is 11.5. The van der Waals surface area contributed by atoms with Crippen LogP contribution in [0.5, 0.6) is 0 Å². The molecule has 0 saturated carbocycles. The zero-order valence-electron chi connectivity index (χ0n) is 10.7. The maximum atomic E-state index is 11.2. The number of hydrogen-bond acceptors (Lipinski definition) is 2. The highest BCUT2D eigenvalue weighted by atomic mass is 32.2. The summed E-state index contributed by atoms with van der Waals surface area (Å²) in [5.41, 5.74) is 2.84. The molecule has 0 atom stereocenters. The smallest absolute Gasteiger partial charge is 0.229 e. The highest BCUT2D eigenvalue weighted by Gasteiger charge is 2.05. The van der Waals surface area contributed by atoms with E-state index in [1.165, 1.54) is 5.69 Å². The van der Waals surface area contributed by atoms with Crippen molar-refractivity contribution in [1.82, 2.24) is 4.98 Å². The zero-order chi connectivity index (χ0) is 13.2. The Morgan fingerprint density at radius 1 is 1.28 bits per heavy atom. The number of benzene rings is 1. The molecule has 0 aliphatic carbocycles. The van der Waals surface area contributed by atoms with Crippen LogP contribution in [0.3, 0.4) is 0 Å². The monoisotopic (exact) mass is 266 g/mol. The lowest BCUT2D eigenvalue weighted by Gasteiger charge is -2.02. The summed E-state index contributed by atoms with van der Waals surface area (Å²) in [5.74, 6) is 0. The van der Waals surface area contributed by atoms with Crippen molar-refractivity contribution in [3.05, 3.63) is 30.0 Å². The van der Waals surface area contributed by atoms with Gasteiger partial charge in [0.25, 0.3) is 0 Å². The van der Waals surface area contributed by atoms with Crippen molar-refractivity contribution in [2.75, 3.05) is 11.0 Å². The van der Waals surface area contributed by atoms with Crippen LogP contribution in [0, 0.1) is 0 Å². The van der Waals surface area contributed by atoms with E-state index in [0.29, 0.717) is 5.69 Å². The molecule has 0 saturated heterocycles. The predicted octanol–water partition coefficient (Wildman–Crippen LogP) is 2.88. The van der Waals surface area contributed by atoms with Crippen molar-refractivity contribution in [1.29, 1.82) is 0 Å². The van der Waals surface area contributed by atoms with E-state index in [2.05, 4.69) is 22.7 Å². The number of sulfonamides is 1. The number of fused-ring (bicyclic) bond motifs is 1. The number of nitrogens with one attached hydrogen (secondary N) is 2. The van der Waals surface area contributed by atoms with Gasteiger partial charge >= 0.3 is 0 Å². The Morgan fingerprint density at radius 2 is 2.06 bits per heavy atom. The minimum absolute atomic E-state index is 0.603. The van der Waals surface area contributed by atoms with Crippen molar-refractivity contribution in [2.24, 2.45) is 0 Å². The number of aromatic nitrogens is 1. The summed E-state index contributed by atoms with van der Waals surface area (Å²) in [5, 5.41) is 1.04. The lowest BCUT2D eigenvalue weighted by Crippen LogP contribution is -2.09. The van der Waals surface area contributed by atoms with Gasteiger partial charge in [-0.15, -0.1) is 0 Å². The van der Waals surface area contributed by atoms with Crippen LogP contribution in [-0.4, -0.2) is 19.7 Å². The summed E-state index contributed by atoms with van der Waals surface area (Å²) < 4.78 is 24.8. The molecule has 0 unspecified atom stereocenters. The molecule has 4 nitrogen and oxygen atoms in total. The van der Waals surface area contributed by atoms with Crippen LogP contribution in [0.2, 0.25) is 0 Å². The van der Waals surface area contributed by atoms with Gasteiger partial charge in [0.2, 0.25) is 10.0 Å². The molecule has 18 heavy (non-hydrogen) atoms. The fraction of sp³-hybridized carbons (Fsp3) is 0.385. The van der Waals surface area contributed by atoms with E-state index in [0.717, 1.165) is 36.4 Å². The molecule has 0 fully saturated rings. The number of anilines is 1. The molecule has 0 spiro atoms. The molecular formula is C13H18N2O2S. The van der Waals surface area contributed by atoms with Gasteiger partial charge in [-0.05, 0) is 37.1 Å². The second-order valence-electron chi connectivity index (χ2n) is 4.57. The Balaban J connectivity index is 2.28. The highest BCUT2D eigenvalue weighted by molar-refractivity contribution is 7.92. The van der Waals surface area contributed by atoms with Crippen LogP contribution in [0.25, 0.3) is 10.9 Å². The first-order chi connectivity index (χ1) is 8.48. The molecule has 2 N–H and O–H groups in total. The molecule has 2 rings (SSSR count). The summed E-state index contributed by atoms with van der Waals surface area (Å²) >= 11 is 0. The summed E-state index contributed by atoms with van der Waals surface area (Å²) in [4.78, 5) is 3.34. The minimum atomic E-state index is -3.21. The Bertz CT molecular complexity index is 644. The fourth-order valence-corrected chi connectivity index (χ4v) is 2.53. The molecule has 1 aromatic carbocycles. The number of aromatic amines is 1. The average Bonchev–Trinajstić information content (AvgIpc) is 2.66. The summed E-state index contributed by atoms with van der Waals surface area (Å²) in [7, 11) is -3.21. The summed E-state index contributed by atoms with van der Waals surface area (Å²) in [6.07, 6.45) is 4.50. The molecule has 0 radical (unpaired) electrons. The van der Waals surface area contributed by atoms with Crippen LogP contribution >= 0.6 is 0 Å². The molecule has 0 aliphatic rings. The SMILES string of the molecule is CCCCc1cc2cc(NS(C)(=O)=O)ccc2[nH]1. The van der Waals surface area contributed by atoms with E-state index in [9.17, 15) is 8.42 Å². The largest absolute Gasteiger partial charge is 0.358 e. The molecule has 5 heteroatoms. The maximum Gasteiger partial charge on any atom is 0.229 e. The number of H-pyrrole nitrogens is 1. The van der Waals surface area contributed by atoms with Gasteiger partial charge in [-0.3, -0.25) is 4.72 Å². The molecular weight excluding hydrogens is 248 g/mol. The van der Waals surface area contributed by atoms with Gasteiger partial charge in [-0.25, -0.2) is 8.42 Å². The average molecular weight is 266 g/mol. The Hall–Kier alpha value is -1.49. The predicted molar refractivity (Wildman–Crippen MR) is 75.4 cm³/mol. The molecule has 1 heterocycles. The standard InChI is InChI=1S/C13H18N2O2S/c1-3-4-5-11-8-10-9-12(15-18(2,16)17)6-7-13(10)14-11/h6-9,14-15H,3-5H2,1-2H3. The van der Waals surface area contributed by atoms with Crippen LogP contribution in [0.15, 0.2) is 24.3 Å². The lowest BCUT2D eigenvalue weighted by molar-refractivity contribution is 0.607. The van der Waals surface area contributed by atoms with Crippen LogP contribution in [0.1, 0.15) is 25.5 Å². The third-order valence-corrected chi connectivity index (χ3v) is 3.39. The van der Waals surface area contributed by atoms with Gasteiger partial charge in [-0.2, -0.15) is 0 Å². The first kappa shape index (κ1) is 13.0. The van der Waals surface area contributed by atoms with E-state index in [4.69, 9.17) is 0 Å². The van der Waals surface area contributed by atoms with Crippen molar-refractivity contribution >= 4 is 26.6 Å². The number of rotatable bonds is 5. The van der Waals surface area contributed by atoms with Gasteiger partial charge in [0.15, 0.2) is 0 Å². The van der Waals surface area contributed by atoms with Gasteiger partial charge in [0.1, 0.15) is 0 Å². The van der Waals surface area contributed by atoms with E-state index in [1.807, 2.05) is 12.1 Å². The van der Waals surface area contributed by atoms with Crippen LogP contribution < -0.4 is 4.72 Å². The summed E-state index contributed by atoms with van der Waals surface area (Å²) in [6.45, 7) is 2.16. The Kier molecular flexibility index (Phi) is 3.61. The molecule has 1 aromatic heterocycles. The molecule has 98 valence electrons. The van der Waals surface area contributed by atoms with Crippen LogP contribution in [-0.2, 0) is 16.4 Å². The molecule has 2 aromatic rings. The first-order valence-electron chi connectivity index (χ1n) is 6.07. The molecule has 0 bridgehead atoms. The van der Waals surface area contributed by atoms with E-state index in [1.54, 1.807) is 6.07 Å². The third kappa shape index (κ3) is 3.26. The summed E-state index contributed by atoms with van der Waals surface area (Å²) in [6, 6.07) is 7.60. The Labute approximate surface area is 107 Å². The van der Waals surface area contributed by atoms with E-state index in [-0.39, 0.29) is 0 Å². The number of unbranched alkanes of at least 4 members (excludes halogenated alkanes) is 1. The molecule has 0 aliphatic heterocycles. The van der Waals surface area contributed by atoms with Crippen LogP contribution in [0.4, 0.5) is 5.69 Å². The lowest BCUT2D eigenvalue weighted by atomic mass is 10.2. The van der Waals surface area contributed by atoms with Crippen molar-refractivity contribution < 1.29 is 8.42 Å². The Morgan fingerprint density at radius 3 is 2.72 bits per heavy atom. The van der Waals surface area contributed by atoms with Crippen molar-refractivity contribution in [3.8, 4) is 0 Å². The van der Waals surface area contributed by atoms with Gasteiger partial charge in [-0.1, -0.05) is 13.3 Å². The van der Waals surface area contributed by atoms with Crippen molar-refractivity contribution in [2.45, 2.75) is 26.2 Å². The number of aryl methyl sites for hydroxylation is 1.